The van der Waals surface area contributed by atoms with Crippen LogP contribution in [0.3, 0.4) is 0 Å². The Morgan fingerprint density at radius 1 is 1.31 bits per heavy atom. The number of imidazole rings is 1. The first-order chi connectivity index (χ1) is 16.9. The van der Waals surface area contributed by atoms with Gasteiger partial charge in [0.15, 0.2) is 5.82 Å². The zero-order valence-corrected chi connectivity index (χ0v) is 19.7. The number of fused-ring (bicyclic) bond motifs is 2. The number of nitriles is 1. The second-order valence-electron chi connectivity index (χ2n) is 9.05. The Kier molecular flexibility index (Phi) is 5.51. The van der Waals surface area contributed by atoms with E-state index in [1.54, 1.807) is 22.7 Å². The molecule has 0 radical (unpaired) electrons. The largest absolute Gasteiger partial charge is 0.479 e. The third kappa shape index (κ3) is 3.90. The molecule has 0 spiro atoms. The highest BCUT2D eigenvalue weighted by Crippen LogP contribution is 2.37. The Balaban J connectivity index is 1.53. The number of carbonyl (C=O) groups is 1. The Hall–Kier alpha value is -4.20. The fourth-order valence-corrected chi connectivity index (χ4v) is 4.62. The molecule has 180 valence electrons. The van der Waals surface area contributed by atoms with Crippen molar-refractivity contribution in [1.82, 2.24) is 29.3 Å². The van der Waals surface area contributed by atoms with Gasteiger partial charge >= 0.3 is 0 Å². The number of pyridine rings is 1. The molecule has 0 saturated heterocycles. The molecule has 0 atom stereocenters. The van der Waals surface area contributed by atoms with Crippen LogP contribution in [0.2, 0.25) is 0 Å². The van der Waals surface area contributed by atoms with Gasteiger partial charge in [0.05, 0.1) is 36.6 Å². The van der Waals surface area contributed by atoms with Gasteiger partial charge < -0.3 is 15.4 Å². The number of nitrogens with one attached hydrogen (secondary N) is 2. The predicted molar refractivity (Wildman–Crippen MR) is 127 cm³/mol. The van der Waals surface area contributed by atoms with Gasteiger partial charge in [-0.25, -0.2) is 13.9 Å². The van der Waals surface area contributed by atoms with Gasteiger partial charge in [-0.1, -0.05) is 0 Å². The molecule has 2 N–H and O–H groups in total. The van der Waals surface area contributed by atoms with Gasteiger partial charge in [-0.05, 0) is 44.7 Å². The molecule has 0 aromatic carbocycles. The van der Waals surface area contributed by atoms with Gasteiger partial charge in [0.1, 0.15) is 16.9 Å². The Morgan fingerprint density at radius 3 is 2.77 bits per heavy atom. The zero-order valence-electron chi connectivity index (χ0n) is 19.7. The number of ether oxygens (including phenoxy) is 1. The molecule has 11 heteroatoms. The van der Waals surface area contributed by atoms with Crippen LogP contribution in [0.5, 0.6) is 5.88 Å². The quantitative estimate of drug-likeness (QED) is 0.452. The van der Waals surface area contributed by atoms with Crippen molar-refractivity contribution in [1.29, 1.82) is 5.26 Å². The number of anilines is 1. The predicted octanol–water partition coefficient (Wildman–Crippen LogP) is 3.44. The molecule has 5 rings (SSSR count). The Labute approximate surface area is 200 Å². The second kappa shape index (κ2) is 8.54. The molecule has 1 aliphatic rings. The lowest BCUT2D eigenvalue weighted by atomic mass is 9.75. The van der Waals surface area contributed by atoms with Crippen LogP contribution in [0.25, 0.3) is 22.3 Å². The van der Waals surface area contributed by atoms with Crippen LogP contribution in [0.1, 0.15) is 43.1 Å². The fraction of sp³-hybridized carbons (Fsp3) is 0.375. The minimum atomic E-state index is -0.502. The highest BCUT2D eigenvalue weighted by Gasteiger charge is 2.31. The number of halogens is 1. The molecule has 1 saturated carbocycles. The van der Waals surface area contributed by atoms with Gasteiger partial charge in [0.25, 0.3) is 5.91 Å². The van der Waals surface area contributed by atoms with E-state index in [4.69, 9.17) is 4.74 Å². The molecule has 35 heavy (non-hydrogen) atoms. The maximum atomic E-state index is 15.3. The Morgan fingerprint density at radius 2 is 2.09 bits per heavy atom. The van der Waals surface area contributed by atoms with Crippen LogP contribution in [-0.4, -0.2) is 50.1 Å². The molecular weight excluding hydrogens is 451 g/mol. The minimum absolute atomic E-state index is 0.116. The van der Waals surface area contributed by atoms with E-state index in [0.29, 0.717) is 28.4 Å². The normalized spacial score (nSPS) is 20.0. The van der Waals surface area contributed by atoms with Crippen molar-refractivity contribution in [3.63, 3.8) is 0 Å². The maximum absolute atomic E-state index is 15.3. The van der Waals surface area contributed by atoms with Crippen LogP contribution in [0, 0.1) is 22.6 Å². The molecule has 4 aromatic heterocycles. The topological polar surface area (TPSA) is 122 Å². The van der Waals surface area contributed by atoms with Crippen LogP contribution in [-0.2, 0) is 0 Å². The van der Waals surface area contributed by atoms with Crippen molar-refractivity contribution in [2.45, 2.75) is 38.6 Å². The van der Waals surface area contributed by atoms with E-state index >= 15 is 4.39 Å². The fourth-order valence-electron chi connectivity index (χ4n) is 4.62. The third-order valence-corrected chi connectivity index (χ3v) is 6.69. The molecule has 1 fully saturated rings. The number of hydrogen-bond acceptors (Lipinski definition) is 7. The number of carbonyl (C=O) groups excluding carboxylic acids is 1. The summed E-state index contributed by atoms with van der Waals surface area (Å²) in [5, 5.41) is 19.7. The first-order valence-corrected chi connectivity index (χ1v) is 11.4. The van der Waals surface area contributed by atoms with Crippen LogP contribution < -0.4 is 15.4 Å². The van der Waals surface area contributed by atoms with Crippen molar-refractivity contribution >= 4 is 23.0 Å². The zero-order chi connectivity index (χ0) is 24.7. The lowest BCUT2D eigenvalue weighted by Crippen LogP contribution is -2.31. The first-order valence-electron chi connectivity index (χ1n) is 11.4. The summed E-state index contributed by atoms with van der Waals surface area (Å²) in [6.07, 6.45) is 7.62. The standard InChI is InChI=1S/C24H25FN8O2/c1-24(13-26)8-6-15(7-9-24)29-23-30-22(35-3)20-19(16(25)12-33(20)31-23)14-4-5-18-28-10-17(21(34)27-2)32(18)11-14/h4-5,10-12,15H,6-9H2,1-3H3,(H,27,34)(H,29,31)/t15-,24+. The van der Waals surface area contributed by atoms with Crippen molar-refractivity contribution in [3.05, 3.63) is 42.2 Å². The average Bonchev–Trinajstić information content (AvgIpc) is 3.44. The molecule has 0 unspecified atom stereocenters. The van der Waals surface area contributed by atoms with E-state index in [0.717, 1.165) is 25.7 Å². The number of nitrogens with zero attached hydrogens (tertiary/aromatic N) is 6. The summed E-state index contributed by atoms with van der Waals surface area (Å²) < 4.78 is 23.8. The lowest BCUT2D eigenvalue weighted by Gasteiger charge is -2.32. The number of methoxy groups -OCH3 is 1. The molecule has 0 bridgehead atoms. The third-order valence-electron chi connectivity index (χ3n) is 6.69. The van der Waals surface area contributed by atoms with Gasteiger partial charge in [-0.2, -0.15) is 10.2 Å². The molecule has 1 aliphatic carbocycles. The molecule has 10 nitrogen and oxygen atoms in total. The Bertz CT molecular complexity index is 1480. The van der Waals surface area contributed by atoms with Gasteiger partial charge in [0, 0.05) is 24.8 Å². The average molecular weight is 477 g/mol. The molecule has 1 amide bonds. The summed E-state index contributed by atoms with van der Waals surface area (Å²) in [7, 11) is 3.01. The maximum Gasteiger partial charge on any atom is 0.269 e. The van der Waals surface area contributed by atoms with E-state index in [1.807, 2.05) is 6.92 Å². The van der Waals surface area contributed by atoms with E-state index in [9.17, 15) is 10.1 Å². The number of amides is 1. The van der Waals surface area contributed by atoms with Gasteiger partial charge in [-0.15, -0.1) is 5.10 Å². The minimum Gasteiger partial charge on any atom is -0.479 e. The van der Waals surface area contributed by atoms with E-state index in [2.05, 4.69) is 31.8 Å². The van der Waals surface area contributed by atoms with Crippen molar-refractivity contribution in [2.75, 3.05) is 19.5 Å². The summed E-state index contributed by atoms with van der Waals surface area (Å²) in [6.45, 7) is 1.98. The van der Waals surface area contributed by atoms with Crippen molar-refractivity contribution in [2.24, 2.45) is 5.41 Å². The number of hydrogen-bond donors (Lipinski definition) is 2. The number of rotatable bonds is 5. The first kappa shape index (κ1) is 22.6. The van der Waals surface area contributed by atoms with Gasteiger partial charge in [-0.3, -0.25) is 9.20 Å². The van der Waals surface area contributed by atoms with Crippen molar-refractivity contribution in [3.8, 4) is 23.1 Å². The second-order valence-corrected chi connectivity index (χ2v) is 9.05. The lowest BCUT2D eigenvalue weighted by molar-refractivity contribution is 0.0957. The molecule has 4 aromatic rings. The van der Waals surface area contributed by atoms with Crippen LogP contribution in [0.4, 0.5) is 10.3 Å². The summed E-state index contributed by atoms with van der Waals surface area (Å²) in [5.74, 6) is -0.255. The molecule has 0 aliphatic heterocycles. The van der Waals surface area contributed by atoms with Crippen molar-refractivity contribution < 1.29 is 13.9 Å². The summed E-state index contributed by atoms with van der Waals surface area (Å²) >= 11 is 0. The highest BCUT2D eigenvalue weighted by atomic mass is 19.1. The smallest absolute Gasteiger partial charge is 0.269 e. The van der Waals surface area contributed by atoms with E-state index < -0.39 is 5.82 Å². The van der Waals surface area contributed by atoms with Crippen LogP contribution in [0.15, 0.2) is 30.7 Å². The van der Waals surface area contributed by atoms with Crippen LogP contribution >= 0.6 is 0 Å². The summed E-state index contributed by atoms with van der Waals surface area (Å²) in [5.41, 5.74) is 1.75. The van der Waals surface area contributed by atoms with E-state index in [-0.39, 0.29) is 28.8 Å². The monoisotopic (exact) mass is 476 g/mol. The molecule has 4 heterocycles. The van der Waals surface area contributed by atoms with Gasteiger partial charge in [0.2, 0.25) is 11.8 Å². The SMILES string of the molecule is CNC(=O)c1cnc2ccc(-c3c(F)cn4nc(N[C@H]5CC[C@@](C)(C#N)CC5)nc(OC)c34)cn12. The summed E-state index contributed by atoms with van der Waals surface area (Å²) in [6, 6.07) is 5.96. The highest BCUT2D eigenvalue weighted by molar-refractivity contribution is 5.93. The number of aromatic nitrogens is 5. The summed E-state index contributed by atoms with van der Waals surface area (Å²) in [4.78, 5) is 20.9. The molecular formula is C24H25FN8O2. The van der Waals surface area contributed by atoms with E-state index in [1.165, 1.54) is 31.1 Å².